The lowest BCUT2D eigenvalue weighted by Crippen LogP contribution is -2.29. The molecule has 0 unspecified atom stereocenters. The maximum Gasteiger partial charge on any atom is 0.358 e. The molecular weight excluding hydrogens is 360 g/mol. The molecule has 0 atom stereocenters. The van der Waals surface area contributed by atoms with Crippen LogP contribution >= 0.6 is 15.9 Å². The highest BCUT2D eigenvalue weighted by Gasteiger charge is 2.22. The Morgan fingerprint density at radius 3 is 3.09 bits per heavy atom. The van der Waals surface area contributed by atoms with Gasteiger partial charge in [-0.15, -0.1) is 0 Å². The normalized spacial score (nSPS) is 16.4. The van der Waals surface area contributed by atoms with Gasteiger partial charge in [0.25, 0.3) is 0 Å². The number of pyridine rings is 1. The molecule has 3 rings (SSSR count). The standard InChI is InChI=1S/C16H21BrN4O2/c1-2-23-16(22)15-13(11-20-8-3-6-18-7-9-20)21-10-12(17)4-5-14(21)19-15/h4-5,10,18H,2-3,6-9,11H2,1H3. The number of halogens is 1. The molecule has 6 nitrogen and oxygen atoms in total. The predicted molar refractivity (Wildman–Crippen MR) is 91.6 cm³/mol. The van der Waals surface area contributed by atoms with Crippen LogP contribution in [0.3, 0.4) is 0 Å². The molecule has 0 bridgehead atoms. The van der Waals surface area contributed by atoms with Crippen molar-refractivity contribution < 1.29 is 9.53 Å². The molecule has 1 saturated heterocycles. The number of esters is 1. The summed E-state index contributed by atoms with van der Waals surface area (Å²) >= 11 is 3.49. The molecule has 124 valence electrons. The van der Waals surface area contributed by atoms with Crippen LogP contribution in [0.4, 0.5) is 0 Å². The summed E-state index contributed by atoms with van der Waals surface area (Å²) in [5, 5.41) is 3.40. The topological polar surface area (TPSA) is 58.9 Å². The van der Waals surface area contributed by atoms with E-state index in [2.05, 4.69) is 31.1 Å². The van der Waals surface area contributed by atoms with Crippen molar-refractivity contribution in [1.29, 1.82) is 0 Å². The summed E-state index contributed by atoms with van der Waals surface area (Å²) in [5.74, 6) is -0.352. The molecule has 2 aromatic rings. The number of hydrogen-bond acceptors (Lipinski definition) is 5. The Kier molecular flexibility index (Phi) is 5.30. The molecule has 1 fully saturated rings. The van der Waals surface area contributed by atoms with Gasteiger partial charge in [0.15, 0.2) is 5.69 Å². The van der Waals surface area contributed by atoms with Gasteiger partial charge >= 0.3 is 5.97 Å². The number of nitrogens with one attached hydrogen (secondary N) is 1. The van der Waals surface area contributed by atoms with E-state index in [0.717, 1.165) is 48.4 Å². The average Bonchev–Trinajstić information content (AvgIpc) is 2.71. The zero-order valence-corrected chi connectivity index (χ0v) is 14.8. The number of carbonyl (C=O) groups is 1. The van der Waals surface area contributed by atoms with E-state index in [4.69, 9.17) is 4.74 Å². The van der Waals surface area contributed by atoms with Crippen LogP contribution in [0.25, 0.3) is 5.65 Å². The van der Waals surface area contributed by atoms with Crippen LogP contribution in [0.1, 0.15) is 29.5 Å². The van der Waals surface area contributed by atoms with E-state index in [1.165, 1.54) is 0 Å². The smallest absolute Gasteiger partial charge is 0.358 e. The number of carbonyl (C=O) groups excluding carboxylic acids is 1. The second kappa shape index (κ2) is 7.42. The van der Waals surface area contributed by atoms with Crippen LogP contribution in [0.15, 0.2) is 22.8 Å². The molecule has 0 aliphatic carbocycles. The predicted octanol–water partition coefficient (Wildman–Crippen LogP) is 2.07. The number of nitrogens with zero attached hydrogens (tertiary/aromatic N) is 3. The molecule has 3 heterocycles. The van der Waals surface area contributed by atoms with E-state index >= 15 is 0 Å². The van der Waals surface area contributed by atoms with Gasteiger partial charge in [-0.1, -0.05) is 0 Å². The number of aromatic nitrogens is 2. The SMILES string of the molecule is CCOC(=O)c1nc2ccc(Br)cn2c1CN1CCCNCC1. The maximum atomic E-state index is 12.3. The van der Waals surface area contributed by atoms with E-state index in [9.17, 15) is 4.79 Å². The van der Waals surface area contributed by atoms with Crippen molar-refractivity contribution in [1.82, 2.24) is 19.6 Å². The first-order valence-electron chi connectivity index (χ1n) is 7.95. The van der Waals surface area contributed by atoms with Crippen molar-refractivity contribution in [2.24, 2.45) is 0 Å². The lowest BCUT2D eigenvalue weighted by Gasteiger charge is -2.19. The van der Waals surface area contributed by atoms with E-state index in [1.54, 1.807) is 0 Å². The first-order chi connectivity index (χ1) is 11.2. The van der Waals surface area contributed by atoms with Crippen molar-refractivity contribution in [3.05, 3.63) is 34.2 Å². The molecule has 1 aliphatic heterocycles. The Bertz CT molecular complexity index is 693. The highest BCUT2D eigenvalue weighted by Crippen LogP contribution is 2.20. The summed E-state index contributed by atoms with van der Waals surface area (Å²) in [6.07, 6.45) is 3.06. The Morgan fingerprint density at radius 2 is 2.26 bits per heavy atom. The van der Waals surface area contributed by atoms with Crippen LogP contribution in [0.5, 0.6) is 0 Å². The lowest BCUT2D eigenvalue weighted by atomic mass is 10.2. The lowest BCUT2D eigenvalue weighted by molar-refractivity contribution is 0.0517. The van der Waals surface area contributed by atoms with Gasteiger partial charge in [0.1, 0.15) is 5.65 Å². The van der Waals surface area contributed by atoms with Crippen LogP contribution in [0.2, 0.25) is 0 Å². The number of fused-ring (bicyclic) bond motifs is 1. The van der Waals surface area contributed by atoms with Crippen molar-refractivity contribution in [3.63, 3.8) is 0 Å². The zero-order valence-electron chi connectivity index (χ0n) is 13.2. The summed E-state index contributed by atoms with van der Waals surface area (Å²) in [6.45, 7) is 6.83. The van der Waals surface area contributed by atoms with Gasteiger partial charge in [-0.05, 0) is 54.5 Å². The van der Waals surface area contributed by atoms with Crippen LogP contribution in [0, 0.1) is 0 Å². The Hall–Kier alpha value is -1.44. The molecular formula is C16H21BrN4O2. The Labute approximate surface area is 144 Å². The minimum Gasteiger partial charge on any atom is -0.461 e. The van der Waals surface area contributed by atoms with E-state index in [1.807, 2.05) is 29.7 Å². The number of imidazole rings is 1. The maximum absolute atomic E-state index is 12.3. The fraction of sp³-hybridized carbons (Fsp3) is 0.500. The molecule has 0 aromatic carbocycles. The van der Waals surface area contributed by atoms with Gasteiger partial charge in [0.2, 0.25) is 0 Å². The Morgan fingerprint density at radius 1 is 1.39 bits per heavy atom. The van der Waals surface area contributed by atoms with E-state index < -0.39 is 0 Å². The van der Waals surface area contributed by atoms with E-state index in [-0.39, 0.29) is 5.97 Å². The molecule has 0 saturated carbocycles. The molecule has 0 amide bonds. The highest BCUT2D eigenvalue weighted by molar-refractivity contribution is 9.10. The first kappa shape index (κ1) is 16.4. The molecule has 0 radical (unpaired) electrons. The van der Waals surface area contributed by atoms with Gasteiger partial charge in [-0.3, -0.25) is 4.90 Å². The summed E-state index contributed by atoms with van der Waals surface area (Å²) < 4.78 is 8.12. The van der Waals surface area contributed by atoms with Crippen LogP contribution < -0.4 is 5.32 Å². The van der Waals surface area contributed by atoms with Gasteiger partial charge in [-0.2, -0.15) is 0 Å². The summed E-state index contributed by atoms with van der Waals surface area (Å²) in [7, 11) is 0. The molecule has 1 aliphatic rings. The molecule has 1 N–H and O–H groups in total. The minimum atomic E-state index is -0.352. The van der Waals surface area contributed by atoms with Gasteiger partial charge in [0.05, 0.1) is 12.3 Å². The molecule has 0 spiro atoms. The zero-order chi connectivity index (χ0) is 16.2. The third-order valence-corrected chi connectivity index (χ3v) is 4.43. The quantitative estimate of drug-likeness (QED) is 0.822. The van der Waals surface area contributed by atoms with Crippen molar-refractivity contribution in [3.8, 4) is 0 Å². The number of ether oxygens (including phenoxy) is 1. The van der Waals surface area contributed by atoms with Gasteiger partial charge < -0.3 is 14.5 Å². The third kappa shape index (κ3) is 3.73. The second-order valence-corrected chi connectivity index (χ2v) is 6.50. The molecule has 2 aromatic heterocycles. The Balaban J connectivity index is 1.98. The fourth-order valence-electron chi connectivity index (χ4n) is 2.85. The fourth-order valence-corrected chi connectivity index (χ4v) is 3.19. The van der Waals surface area contributed by atoms with E-state index in [0.29, 0.717) is 18.8 Å². The highest BCUT2D eigenvalue weighted by atomic mass is 79.9. The van der Waals surface area contributed by atoms with Gasteiger partial charge in [0, 0.05) is 30.3 Å². The van der Waals surface area contributed by atoms with Crippen molar-refractivity contribution in [2.45, 2.75) is 19.9 Å². The third-order valence-electron chi connectivity index (χ3n) is 3.96. The minimum absolute atomic E-state index is 0.351. The monoisotopic (exact) mass is 380 g/mol. The number of hydrogen-bond donors (Lipinski definition) is 1. The molecule has 23 heavy (non-hydrogen) atoms. The number of rotatable bonds is 4. The van der Waals surface area contributed by atoms with Gasteiger partial charge in [-0.25, -0.2) is 9.78 Å². The summed E-state index contributed by atoms with van der Waals surface area (Å²) in [4.78, 5) is 19.1. The first-order valence-corrected chi connectivity index (χ1v) is 8.75. The molecule has 7 heteroatoms. The van der Waals surface area contributed by atoms with Crippen molar-refractivity contribution in [2.75, 3.05) is 32.8 Å². The largest absolute Gasteiger partial charge is 0.461 e. The van der Waals surface area contributed by atoms with Crippen LogP contribution in [-0.2, 0) is 11.3 Å². The summed E-state index contributed by atoms with van der Waals surface area (Å²) in [6, 6.07) is 3.83. The average molecular weight is 381 g/mol. The second-order valence-electron chi connectivity index (χ2n) is 5.58. The van der Waals surface area contributed by atoms with Crippen LogP contribution in [-0.4, -0.2) is 53.0 Å². The summed E-state index contributed by atoms with van der Waals surface area (Å²) in [5.41, 5.74) is 2.07. The van der Waals surface area contributed by atoms with Crippen molar-refractivity contribution >= 4 is 27.5 Å².